The molecule has 0 fully saturated rings. The molecule has 0 unspecified atom stereocenters. The Morgan fingerprint density at radius 3 is 2.44 bits per heavy atom. The lowest BCUT2D eigenvalue weighted by atomic mass is 9.85. The zero-order valence-electron chi connectivity index (χ0n) is 16.0. The minimum atomic E-state index is -3.59. The third-order valence-electron chi connectivity index (χ3n) is 4.70. The van der Waals surface area contributed by atoms with Gasteiger partial charge in [-0.3, -0.25) is 4.79 Å². The smallest absolute Gasteiger partial charge is 0.240 e. The average Bonchev–Trinajstić information content (AvgIpc) is 2.71. The largest absolute Gasteiger partial charge is 0.311 e. The van der Waals surface area contributed by atoms with E-state index >= 15 is 0 Å². The van der Waals surface area contributed by atoms with Gasteiger partial charge in [-0.15, -0.1) is 0 Å². The highest BCUT2D eigenvalue weighted by molar-refractivity contribution is 7.89. The SMILES string of the molecule is CCN1C(=O)C(C)(C)c2cc(S(=O)(=O)NCCCN(C)C)cc(C)c21. The molecular weight excluding hydrogens is 338 g/mol. The molecule has 0 bridgehead atoms. The van der Waals surface area contributed by atoms with Crippen LogP contribution in [0.1, 0.15) is 38.3 Å². The van der Waals surface area contributed by atoms with Crippen LogP contribution in [0.25, 0.3) is 0 Å². The number of benzene rings is 1. The number of nitrogens with one attached hydrogen (secondary N) is 1. The second-order valence-corrected chi connectivity index (χ2v) is 9.13. The van der Waals surface area contributed by atoms with Crippen molar-refractivity contribution < 1.29 is 13.2 Å². The number of carbonyl (C=O) groups is 1. The monoisotopic (exact) mass is 367 g/mol. The van der Waals surface area contributed by atoms with Crippen molar-refractivity contribution in [1.29, 1.82) is 0 Å². The summed E-state index contributed by atoms with van der Waals surface area (Å²) in [5, 5.41) is 0. The van der Waals surface area contributed by atoms with Crippen molar-refractivity contribution in [1.82, 2.24) is 9.62 Å². The number of hydrogen-bond acceptors (Lipinski definition) is 4. The minimum absolute atomic E-state index is 0.0154. The van der Waals surface area contributed by atoms with E-state index in [1.807, 2.05) is 46.7 Å². The maximum absolute atomic E-state index is 12.7. The van der Waals surface area contributed by atoms with E-state index in [-0.39, 0.29) is 10.8 Å². The van der Waals surface area contributed by atoms with Crippen molar-refractivity contribution in [3.05, 3.63) is 23.3 Å². The van der Waals surface area contributed by atoms with Crippen LogP contribution in [0.5, 0.6) is 0 Å². The van der Waals surface area contributed by atoms with E-state index in [1.165, 1.54) is 0 Å². The van der Waals surface area contributed by atoms with Crippen molar-refractivity contribution in [2.24, 2.45) is 0 Å². The van der Waals surface area contributed by atoms with E-state index in [0.29, 0.717) is 13.1 Å². The summed E-state index contributed by atoms with van der Waals surface area (Å²) in [7, 11) is 0.318. The van der Waals surface area contributed by atoms with Crippen LogP contribution in [0.3, 0.4) is 0 Å². The molecule has 1 amide bonds. The second kappa shape index (κ2) is 7.05. The Morgan fingerprint density at radius 2 is 1.88 bits per heavy atom. The fourth-order valence-electron chi connectivity index (χ4n) is 3.28. The van der Waals surface area contributed by atoms with Crippen LogP contribution in [0.4, 0.5) is 5.69 Å². The van der Waals surface area contributed by atoms with Crippen LogP contribution in [0.15, 0.2) is 17.0 Å². The van der Waals surface area contributed by atoms with Crippen molar-refractivity contribution in [3.63, 3.8) is 0 Å². The average molecular weight is 368 g/mol. The number of nitrogens with zero attached hydrogens (tertiary/aromatic N) is 2. The first kappa shape index (κ1) is 19.9. The molecule has 1 aliphatic rings. The van der Waals surface area contributed by atoms with Crippen LogP contribution < -0.4 is 9.62 Å². The summed E-state index contributed by atoms with van der Waals surface area (Å²) in [5.41, 5.74) is 1.73. The summed E-state index contributed by atoms with van der Waals surface area (Å²) < 4.78 is 28.0. The Balaban J connectivity index is 2.35. The van der Waals surface area contributed by atoms with Gasteiger partial charge in [0.25, 0.3) is 0 Å². The minimum Gasteiger partial charge on any atom is -0.311 e. The highest BCUT2D eigenvalue weighted by atomic mass is 32.2. The summed E-state index contributed by atoms with van der Waals surface area (Å²) in [6.07, 6.45) is 0.740. The molecule has 25 heavy (non-hydrogen) atoms. The molecule has 1 aliphatic heterocycles. The summed E-state index contributed by atoms with van der Waals surface area (Å²) >= 11 is 0. The molecule has 2 rings (SSSR count). The fraction of sp³-hybridized carbons (Fsp3) is 0.611. The van der Waals surface area contributed by atoms with Crippen LogP contribution in [0.2, 0.25) is 0 Å². The molecule has 1 heterocycles. The zero-order chi connectivity index (χ0) is 19.0. The van der Waals surface area contributed by atoms with E-state index in [0.717, 1.165) is 29.8 Å². The predicted molar refractivity (Wildman–Crippen MR) is 101 cm³/mol. The standard InChI is InChI=1S/C18H29N3O3S/c1-7-21-16-13(2)11-14(12-15(16)18(3,4)17(21)22)25(23,24)19-9-8-10-20(5)6/h11-12,19H,7-10H2,1-6H3. The number of hydrogen-bond donors (Lipinski definition) is 1. The highest BCUT2D eigenvalue weighted by Crippen LogP contribution is 2.44. The van der Waals surface area contributed by atoms with Gasteiger partial charge < -0.3 is 9.80 Å². The van der Waals surface area contributed by atoms with Gasteiger partial charge in [0.2, 0.25) is 15.9 Å². The van der Waals surface area contributed by atoms with Gasteiger partial charge in [-0.05, 0) is 78.0 Å². The number of carbonyl (C=O) groups excluding carboxylic acids is 1. The molecule has 7 heteroatoms. The number of likely N-dealkylation sites (N-methyl/N-ethyl adjacent to an activating group) is 1. The molecule has 0 aromatic heterocycles. The van der Waals surface area contributed by atoms with Crippen LogP contribution in [0, 0.1) is 6.92 Å². The Hall–Kier alpha value is -1.44. The first-order valence-corrected chi connectivity index (χ1v) is 10.1. The van der Waals surface area contributed by atoms with E-state index in [4.69, 9.17) is 0 Å². The fourth-order valence-corrected chi connectivity index (χ4v) is 4.46. The molecule has 1 aromatic rings. The molecule has 6 nitrogen and oxygen atoms in total. The van der Waals surface area contributed by atoms with E-state index in [2.05, 4.69) is 4.72 Å². The first-order chi connectivity index (χ1) is 11.5. The Labute approximate surface area is 151 Å². The van der Waals surface area contributed by atoms with Crippen LogP contribution in [-0.4, -0.2) is 53.0 Å². The van der Waals surface area contributed by atoms with E-state index in [1.54, 1.807) is 17.0 Å². The number of sulfonamides is 1. The Morgan fingerprint density at radius 1 is 1.24 bits per heavy atom. The van der Waals surface area contributed by atoms with Gasteiger partial charge in [0.1, 0.15) is 0 Å². The second-order valence-electron chi connectivity index (χ2n) is 7.37. The maximum Gasteiger partial charge on any atom is 0.240 e. The van der Waals surface area contributed by atoms with E-state index in [9.17, 15) is 13.2 Å². The first-order valence-electron chi connectivity index (χ1n) is 8.64. The molecule has 1 N–H and O–H groups in total. The summed E-state index contributed by atoms with van der Waals surface area (Å²) in [6.45, 7) is 9.28. The third kappa shape index (κ3) is 3.73. The molecular formula is C18H29N3O3S. The molecule has 0 atom stereocenters. The zero-order valence-corrected chi connectivity index (χ0v) is 16.8. The molecule has 0 radical (unpaired) electrons. The lowest BCUT2D eigenvalue weighted by molar-refractivity contribution is -0.122. The number of aryl methyl sites for hydroxylation is 1. The molecule has 1 aromatic carbocycles. The number of fused-ring (bicyclic) bond motifs is 1. The van der Waals surface area contributed by atoms with Gasteiger partial charge in [-0.2, -0.15) is 0 Å². The van der Waals surface area contributed by atoms with Gasteiger partial charge in [0, 0.05) is 13.1 Å². The molecule has 0 aliphatic carbocycles. The molecule has 0 spiro atoms. The summed E-state index contributed by atoms with van der Waals surface area (Å²) in [6, 6.07) is 3.31. The van der Waals surface area contributed by atoms with Gasteiger partial charge in [-0.1, -0.05) is 0 Å². The topological polar surface area (TPSA) is 69.7 Å². The molecule has 140 valence electrons. The lowest BCUT2D eigenvalue weighted by Gasteiger charge is -2.18. The van der Waals surface area contributed by atoms with Gasteiger partial charge in [0.05, 0.1) is 16.0 Å². The van der Waals surface area contributed by atoms with E-state index < -0.39 is 15.4 Å². The van der Waals surface area contributed by atoms with Crippen LogP contribution >= 0.6 is 0 Å². The lowest BCUT2D eigenvalue weighted by Crippen LogP contribution is -2.36. The number of anilines is 1. The highest BCUT2D eigenvalue weighted by Gasteiger charge is 2.44. The number of rotatable bonds is 7. The van der Waals surface area contributed by atoms with Crippen molar-refractivity contribution in [3.8, 4) is 0 Å². The molecule has 0 saturated carbocycles. The van der Waals surface area contributed by atoms with Gasteiger partial charge in [0.15, 0.2) is 0 Å². The Bertz CT molecular complexity index is 770. The summed E-state index contributed by atoms with van der Waals surface area (Å²) in [5.74, 6) is 0.0154. The quantitative estimate of drug-likeness (QED) is 0.747. The van der Waals surface area contributed by atoms with Crippen molar-refractivity contribution in [2.45, 2.75) is 44.4 Å². The van der Waals surface area contributed by atoms with Gasteiger partial charge in [-0.25, -0.2) is 13.1 Å². The molecule has 0 saturated heterocycles. The normalized spacial score (nSPS) is 16.6. The Kier molecular flexibility index (Phi) is 5.61. The number of amides is 1. The van der Waals surface area contributed by atoms with Crippen molar-refractivity contribution in [2.75, 3.05) is 38.6 Å². The summed E-state index contributed by atoms with van der Waals surface area (Å²) in [4.78, 5) is 16.6. The van der Waals surface area contributed by atoms with Gasteiger partial charge >= 0.3 is 0 Å². The van der Waals surface area contributed by atoms with Crippen molar-refractivity contribution >= 4 is 21.6 Å². The maximum atomic E-state index is 12.7. The van der Waals surface area contributed by atoms with Crippen LogP contribution in [-0.2, 0) is 20.2 Å². The predicted octanol–water partition coefficient (Wildman–Crippen LogP) is 1.87. The third-order valence-corrected chi connectivity index (χ3v) is 6.14.